The van der Waals surface area contributed by atoms with Crippen LogP contribution in [0.1, 0.15) is 44.3 Å². The number of likely N-dealkylation sites (N-methyl/N-ethyl adjacent to an activating group) is 1. The maximum atomic E-state index is 10.6. The van der Waals surface area contributed by atoms with Gasteiger partial charge in [0.15, 0.2) is 6.29 Å². The summed E-state index contributed by atoms with van der Waals surface area (Å²) in [6.45, 7) is 14.1. The summed E-state index contributed by atoms with van der Waals surface area (Å²) in [4.78, 5) is 21.3. The van der Waals surface area contributed by atoms with Crippen LogP contribution in [-0.4, -0.2) is 56.1 Å². The maximum Gasteiger partial charge on any atom is 0.160 e. The maximum absolute atomic E-state index is 10.6. The molecule has 1 aromatic heterocycles. The van der Waals surface area contributed by atoms with E-state index in [2.05, 4.69) is 21.9 Å². The molecule has 2 N–H and O–H groups in total. The average Bonchev–Trinajstić information content (AvgIpc) is 3.16. The number of aliphatic hydroxyl groups excluding tert-OH is 1. The van der Waals surface area contributed by atoms with Crippen molar-refractivity contribution in [1.29, 1.82) is 0 Å². The van der Waals surface area contributed by atoms with Gasteiger partial charge in [0.1, 0.15) is 5.82 Å². The van der Waals surface area contributed by atoms with Crippen molar-refractivity contribution in [3.8, 4) is 0 Å². The van der Waals surface area contributed by atoms with E-state index in [4.69, 9.17) is 5.11 Å². The molecule has 172 valence electrons. The number of allylic oxidation sites excluding steroid dienone is 5. The highest BCUT2D eigenvalue weighted by Crippen LogP contribution is 2.01. The van der Waals surface area contributed by atoms with Gasteiger partial charge in [-0.15, -0.1) is 11.3 Å². The molecule has 0 aliphatic rings. The van der Waals surface area contributed by atoms with E-state index in [0.717, 1.165) is 21.7 Å². The van der Waals surface area contributed by atoms with Gasteiger partial charge in [-0.1, -0.05) is 38.7 Å². The molecule has 0 bridgehead atoms. The number of nitrogens with one attached hydrogen (secondary N) is 1. The van der Waals surface area contributed by atoms with Crippen molar-refractivity contribution < 1.29 is 9.90 Å². The van der Waals surface area contributed by atoms with Gasteiger partial charge in [0.05, 0.1) is 17.8 Å². The second-order valence-electron chi connectivity index (χ2n) is 5.59. The van der Waals surface area contributed by atoms with Crippen LogP contribution in [0.5, 0.6) is 0 Å². The summed E-state index contributed by atoms with van der Waals surface area (Å²) in [5.41, 5.74) is 1.12. The van der Waals surface area contributed by atoms with Crippen LogP contribution in [0.15, 0.2) is 52.1 Å². The lowest BCUT2D eigenvalue weighted by atomic mass is 10.3. The molecule has 0 aliphatic carbocycles. The standard InChI is InChI=1S/C11H14N2O2S.C11H18N2.C2H6/c1-3-12-11(13-4-5-14)10-6-9(7-15)16-8(10)2;1-5-7-9-11(8-6-2)13(4)10-12-3;1-2/h3,6-7,13-14H,2,4-5H2,1H3;5-10H,1-4H3;1-2H3/b11-10+,12-3-;7-5+,8-6-,11-9+,12-10?;. The summed E-state index contributed by atoms with van der Waals surface area (Å²) >= 11 is 1.33. The minimum atomic E-state index is 0.0277. The normalized spacial score (nSPS) is 12.6. The van der Waals surface area contributed by atoms with Crippen LogP contribution in [0.2, 0.25) is 0 Å². The number of carbonyl (C=O) groups excluding carboxylic acids is 1. The molecular formula is C24H38N4O2S. The van der Waals surface area contributed by atoms with E-state index < -0.39 is 0 Å². The number of hydrogen-bond donors (Lipinski definition) is 2. The zero-order chi connectivity index (χ0) is 24.1. The van der Waals surface area contributed by atoms with Crippen LogP contribution in [0.25, 0.3) is 12.4 Å². The Labute approximate surface area is 191 Å². The summed E-state index contributed by atoms with van der Waals surface area (Å²) in [6, 6.07) is 1.74. The fourth-order valence-corrected chi connectivity index (χ4v) is 2.89. The van der Waals surface area contributed by atoms with Gasteiger partial charge in [0.2, 0.25) is 0 Å². The lowest BCUT2D eigenvalue weighted by Gasteiger charge is -2.13. The van der Waals surface area contributed by atoms with Crippen molar-refractivity contribution in [1.82, 2.24) is 10.2 Å². The first-order chi connectivity index (χ1) is 15.0. The Balaban J connectivity index is 0. The summed E-state index contributed by atoms with van der Waals surface area (Å²) in [7, 11) is 3.74. The topological polar surface area (TPSA) is 77.3 Å². The van der Waals surface area contributed by atoms with Crippen LogP contribution in [0, 0.1) is 0 Å². The quantitative estimate of drug-likeness (QED) is 0.264. The first kappa shape index (κ1) is 30.4. The predicted molar refractivity (Wildman–Crippen MR) is 138 cm³/mol. The zero-order valence-corrected chi connectivity index (χ0v) is 20.7. The molecule has 0 fully saturated rings. The van der Waals surface area contributed by atoms with Gasteiger partial charge in [-0.05, 0) is 39.0 Å². The van der Waals surface area contributed by atoms with E-state index >= 15 is 0 Å². The Kier molecular flexibility index (Phi) is 20.1. The molecule has 0 saturated carbocycles. The fourth-order valence-electron chi connectivity index (χ4n) is 2.12. The molecular weight excluding hydrogens is 408 g/mol. The third kappa shape index (κ3) is 13.2. The average molecular weight is 447 g/mol. The molecule has 1 rings (SSSR count). The predicted octanol–water partition coefficient (Wildman–Crippen LogP) is 3.35. The van der Waals surface area contributed by atoms with Crippen LogP contribution in [-0.2, 0) is 0 Å². The zero-order valence-electron chi connectivity index (χ0n) is 19.9. The van der Waals surface area contributed by atoms with Crippen LogP contribution in [0.4, 0.5) is 0 Å². The number of thiophene rings is 1. The Morgan fingerprint density at radius 1 is 1.29 bits per heavy atom. The van der Waals surface area contributed by atoms with Gasteiger partial charge >= 0.3 is 0 Å². The monoisotopic (exact) mass is 446 g/mol. The highest BCUT2D eigenvalue weighted by molar-refractivity contribution is 7.11. The number of aldehydes is 1. The lowest BCUT2D eigenvalue weighted by molar-refractivity contribution is 0.112. The van der Waals surface area contributed by atoms with E-state index in [-0.39, 0.29) is 6.61 Å². The Morgan fingerprint density at radius 2 is 1.97 bits per heavy atom. The second-order valence-corrected chi connectivity index (χ2v) is 6.76. The summed E-state index contributed by atoms with van der Waals surface area (Å²) in [5.74, 6) is 0.630. The molecule has 1 aromatic rings. The molecule has 0 spiro atoms. The van der Waals surface area contributed by atoms with Gasteiger partial charge in [0.25, 0.3) is 0 Å². The van der Waals surface area contributed by atoms with Gasteiger partial charge in [0, 0.05) is 42.3 Å². The lowest BCUT2D eigenvalue weighted by Crippen LogP contribution is -2.28. The molecule has 6 nitrogen and oxygen atoms in total. The molecule has 0 aromatic carbocycles. The Morgan fingerprint density at radius 3 is 2.42 bits per heavy atom. The number of nitrogens with zero attached hydrogens (tertiary/aromatic N) is 3. The van der Waals surface area contributed by atoms with E-state index in [9.17, 15) is 4.79 Å². The second kappa shape index (κ2) is 20.5. The number of aliphatic hydroxyl groups is 1. The summed E-state index contributed by atoms with van der Waals surface area (Å²) < 4.78 is 0.785. The van der Waals surface area contributed by atoms with E-state index in [1.54, 1.807) is 32.6 Å². The largest absolute Gasteiger partial charge is 0.395 e. The molecule has 1 heterocycles. The van der Waals surface area contributed by atoms with Crippen molar-refractivity contribution in [3.63, 3.8) is 0 Å². The third-order valence-corrected chi connectivity index (χ3v) is 4.27. The highest BCUT2D eigenvalue weighted by Gasteiger charge is 2.00. The first-order valence-corrected chi connectivity index (χ1v) is 11.0. The van der Waals surface area contributed by atoms with Crippen LogP contribution < -0.4 is 15.1 Å². The van der Waals surface area contributed by atoms with Crippen molar-refractivity contribution >= 4 is 42.6 Å². The molecule has 0 amide bonds. The highest BCUT2D eigenvalue weighted by atomic mass is 32.1. The molecule has 0 saturated heterocycles. The van der Waals surface area contributed by atoms with E-state index in [1.807, 2.05) is 70.0 Å². The van der Waals surface area contributed by atoms with Crippen molar-refractivity contribution in [2.75, 3.05) is 27.2 Å². The Hall–Kier alpha value is -2.77. The van der Waals surface area contributed by atoms with Crippen LogP contribution >= 0.6 is 11.3 Å². The van der Waals surface area contributed by atoms with Crippen molar-refractivity contribution in [3.05, 3.63) is 56.8 Å². The minimum absolute atomic E-state index is 0.0277. The van der Waals surface area contributed by atoms with Gasteiger partial charge in [-0.2, -0.15) is 0 Å². The first-order valence-electron chi connectivity index (χ1n) is 10.2. The van der Waals surface area contributed by atoms with E-state index in [0.29, 0.717) is 17.2 Å². The molecule has 0 aliphatic heterocycles. The molecule has 31 heavy (non-hydrogen) atoms. The van der Waals surface area contributed by atoms with Crippen molar-refractivity contribution in [2.24, 2.45) is 9.98 Å². The summed E-state index contributed by atoms with van der Waals surface area (Å²) in [5, 5.41) is 12.5. The number of aliphatic imine (C=N–C) groups is 2. The van der Waals surface area contributed by atoms with Crippen molar-refractivity contribution in [2.45, 2.75) is 34.6 Å². The smallest absolute Gasteiger partial charge is 0.160 e. The Bertz CT molecular complexity index is 865. The number of rotatable bonds is 9. The number of hydrogen-bond acceptors (Lipinski definition) is 6. The molecule has 0 atom stereocenters. The van der Waals surface area contributed by atoms with Gasteiger partial charge < -0.3 is 15.3 Å². The van der Waals surface area contributed by atoms with Crippen LogP contribution in [0.3, 0.4) is 0 Å². The number of carbonyl (C=O) groups is 1. The van der Waals surface area contributed by atoms with Gasteiger partial charge in [-0.25, -0.2) is 4.99 Å². The van der Waals surface area contributed by atoms with Gasteiger partial charge in [-0.3, -0.25) is 9.79 Å². The minimum Gasteiger partial charge on any atom is -0.395 e. The molecule has 0 unspecified atom stereocenters. The SMILES string of the molecule is C=c1sc(C=O)c/c1=C(/N=C\C)NCCO.CC.C\C=C/C(=C\C=C\C)N(C)C=NC. The third-order valence-electron chi connectivity index (χ3n) is 3.35. The van der Waals surface area contributed by atoms with E-state index in [1.165, 1.54) is 11.3 Å². The molecule has 0 radical (unpaired) electrons. The fraction of sp³-hybridized carbons (Fsp3) is 0.375. The summed E-state index contributed by atoms with van der Waals surface area (Å²) in [6.07, 6.45) is 14.3. The molecule has 7 heteroatoms.